The molecule has 0 fully saturated rings. The molecule has 0 atom stereocenters. The molecule has 0 aromatic heterocycles. The van der Waals surface area contributed by atoms with Crippen LogP contribution in [0, 0.1) is 0 Å². The van der Waals surface area contributed by atoms with Crippen molar-refractivity contribution in [1.82, 2.24) is 0 Å². The van der Waals surface area contributed by atoms with E-state index in [9.17, 15) is 9.59 Å². The lowest BCUT2D eigenvalue weighted by Gasteiger charge is -2.21. The molecule has 0 aliphatic heterocycles. The van der Waals surface area contributed by atoms with Crippen molar-refractivity contribution in [2.75, 3.05) is 11.9 Å². The minimum absolute atomic E-state index is 0.236. The quantitative estimate of drug-likeness (QED) is 0.891. The Bertz CT molecular complexity index is 796. The normalized spacial score (nSPS) is 16.7. The Morgan fingerprint density at radius 2 is 1.61 bits per heavy atom. The van der Waals surface area contributed by atoms with Crippen molar-refractivity contribution < 1.29 is 14.3 Å². The first kappa shape index (κ1) is 14.8. The van der Waals surface area contributed by atoms with Crippen LogP contribution in [0.25, 0.3) is 0 Å². The van der Waals surface area contributed by atoms with Crippen LogP contribution in [0.3, 0.4) is 0 Å². The van der Waals surface area contributed by atoms with Gasteiger partial charge in [0.25, 0.3) is 0 Å². The number of anilines is 1. The summed E-state index contributed by atoms with van der Waals surface area (Å²) in [6.07, 6.45) is 5.85. The summed E-state index contributed by atoms with van der Waals surface area (Å²) in [5.41, 5.74) is 8.08. The third kappa shape index (κ3) is 2.81. The summed E-state index contributed by atoms with van der Waals surface area (Å²) in [6, 6.07) is 7.36. The number of ketones is 2. The molecule has 5 nitrogen and oxygen atoms in total. The fourth-order valence-corrected chi connectivity index (χ4v) is 2.52. The molecular weight excluding hydrogens is 292 g/mol. The number of carbonyl (C=O) groups is 2. The van der Waals surface area contributed by atoms with Crippen LogP contribution in [0.4, 0.5) is 5.69 Å². The van der Waals surface area contributed by atoms with Gasteiger partial charge in [-0.05, 0) is 55.5 Å². The van der Waals surface area contributed by atoms with Crippen molar-refractivity contribution in [3.8, 4) is 5.75 Å². The number of hydrogen-bond donors (Lipinski definition) is 2. The average molecular weight is 308 g/mol. The van der Waals surface area contributed by atoms with Crippen LogP contribution in [0.15, 0.2) is 71.1 Å². The van der Waals surface area contributed by atoms with E-state index < -0.39 is 0 Å². The van der Waals surface area contributed by atoms with Crippen LogP contribution in [-0.4, -0.2) is 18.2 Å². The van der Waals surface area contributed by atoms with Crippen LogP contribution in [0.5, 0.6) is 5.75 Å². The molecule has 0 heterocycles. The van der Waals surface area contributed by atoms with Gasteiger partial charge in [-0.25, -0.2) is 0 Å². The summed E-state index contributed by atoms with van der Waals surface area (Å²) in [6.45, 7) is 2.52. The van der Waals surface area contributed by atoms with Crippen molar-refractivity contribution in [1.29, 1.82) is 0 Å². The van der Waals surface area contributed by atoms with E-state index in [1.165, 1.54) is 18.2 Å². The van der Waals surface area contributed by atoms with Gasteiger partial charge in [-0.2, -0.15) is 0 Å². The lowest BCUT2D eigenvalue weighted by molar-refractivity contribution is -0.114. The number of ether oxygens (including phenoxy) is 1. The molecule has 0 amide bonds. The maximum atomic E-state index is 12.2. The number of nitrogens with one attached hydrogen (secondary N) is 1. The summed E-state index contributed by atoms with van der Waals surface area (Å²) in [5.74, 6) is 0.277. The van der Waals surface area contributed by atoms with E-state index in [4.69, 9.17) is 10.5 Å². The van der Waals surface area contributed by atoms with E-state index in [-0.39, 0.29) is 17.1 Å². The zero-order chi connectivity index (χ0) is 16.4. The van der Waals surface area contributed by atoms with Gasteiger partial charge in [-0.1, -0.05) is 0 Å². The number of benzene rings is 1. The van der Waals surface area contributed by atoms with E-state index in [1.807, 2.05) is 31.2 Å². The molecule has 0 saturated heterocycles. The molecule has 0 radical (unpaired) electrons. The van der Waals surface area contributed by atoms with Crippen LogP contribution in [0.1, 0.15) is 6.92 Å². The zero-order valence-corrected chi connectivity index (χ0v) is 12.6. The van der Waals surface area contributed by atoms with Crippen LogP contribution < -0.4 is 15.8 Å². The number of carbonyl (C=O) groups excluding carboxylic acids is 2. The minimum Gasteiger partial charge on any atom is -0.494 e. The smallest absolute Gasteiger partial charge is 0.188 e. The summed E-state index contributed by atoms with van der Waals surface area (Å²) in [7, 11) is 0. The Morgan fingerprint density at radius 3 is 2.30 bits per heavy atom. The Hall–Kier alpha value is -3.08. The van der Waals surface area contributed by atoms with E-state index >= 15 is 0 Å². The second-order valence-electron chi connectivity index (χ2n) is 5.10. The first-order chi connectivity index (χ1) is 11.1. The second-order valence-corrected chi connectivity index (χ2v) is 5.10. The highest BCUT2D eigenvalue weighted by molar-refractivity contribution is 6.23. The number of hydrogen-bond acceptors (Lipinski definition) is 5. The molecule has 2 aliphatic rings. The van der Waals surface area contributed by atoms with Crippen molar-refractivity contribution >= 4 is 17.3 Å². The second kappa shape index (κ2) is 5.96. The van der Waals surface area contributed by atoms with Gasteiger partial charge >= 0.3 is 0 Å². The minimum atomic E-state index is -0.257. The Kier molecular flexibility index (Phi) is 3.85. The molecule has 3 N–H and O–H groups in total. The molecule has 0 saturated carbocycles. The highest BCUT2D eigenvalue weighted by Crippen LogP contribution is 2.29. The highest BCUT2D eigenvalue weighted by Gasteiger charge is 2.29. The Labute approximate surface area is 133 Å². The standard InChI is InChI=1S/C18H16N2O3/c1-2-23-12-5-3-11(4-6-12)20-14-8-10-15(21)17-13(19)7-9-16(22)18(14)17/h3-10,20H,2,19H2,1H3. The largest absolute Gasteiger partial charge is 0.494 e. The average Bonchev–Trinajstić information content (AvgIpc) is 2.55. The number of allylic oxidation sites excluding steroid dienone is 6. The molecule has 5 heteroatoms. The van der Waals surface area contributed by atoms with Gasteiger partial charge < -0.3 is 15.8 Å². The van der Waals surface area contributed by atoms with Gasteiger partial charge in [0, 0.05) is 11.4 Å². The van der Waals surface area contributed by atoms with Crippen molar-refractivity contribution in [2.45, 2.75) is 6.92 Å². The molecule has 1 aromatic rings. The molecule has 2 aliphatic carbocycles. The number of rotatable bonds is 4. The molecule has 1 aromatic carbocycles. The van der Waals surface area contributed by atoms with Gasteiger partial charge in [-0.15, -0.1) is 0 Å². The SMILES string of the molecule is CCOc1ccc(NC2=C3C(=O)C=CC(N)=C3C(=O)C=C2)cc1. The van der Waals surface area contributed by atoms with Crippen molar-refractivity contribution in [2.24, 2.45) is 5.73 Å². The topological polar surface area (TPSA) is 81.4 Å². The lowest BCUT2D eigenvalue weighted by atomic mass is 9.86. The maximum Gasteiger partial charge on any atom is 0.188 e. The molecule has 23 heavy (non-hydrogen) atoms. The molecule has 0 unspecified atom stereocenters. The third-order valence-corrected chi connectivity index (χ3v) is 3.56. The van der Waals surface area contributed by atoms with Gasteiger partial charge in [0.05, 0.1) is 23.5 Å². The van der Waals surface area contributed by atoms with E-state index in [0.717, 1.165) is 11.4 Å². The van der Waals surface area contributed by atoms with Crippen molar-refractivity contribution in [3.63, 3.8) is 0 Å². The van der Waals surface area contributed by atoms with Crippen LogP contribution >= 0.6 is 0 Å². The van der Waals surface area contributed by atoms with E-state index in [2.05, 4.69) is 5.32 Å². The highest BCUT2D eigenvalue weighted by atomic mass is 16.5. The van der Waals surface area contributed by atoms with Gasteiger partial charge in [-0.3, -0.25) is 9.59 Å². The monoisotopic (exact) mass is 308 g/mol. The molecular formula is C18H16N2O3. The van der Waals surface area contributed by atoms with Crippen molar-refractivity contribution in [3.05, 3.63) is 71.1 Å². The first-order valence-electron chi connectivity index (χ1n) is 7.29. The summed E-state index contributed by atoms with van der Waals surface area (Å²) in [4.78, 5) is 24.2. The predicted octanol–water partition coefficient (Wildman–Crippen LogP) is 2.24. The fraction of sp³-hybridized carbons (Fsp3) is 0.111. The third-order valence-electron chi connectivity index (χ3n) is 3.56. The Morgan fingerprint density at radius 1 is 0.957 bits per heavy atom. The number of nitrogens with two attached hydrogens (primary N) is 1. The number of fused-ring (bicyclic) bond motifs is 1. The van der Waals surface area contributed by atoms with Gasteiger partial charge in [0.2, 0.25) is 0 Å². The summed E-state index contributed by atoms with van der Waals surface area (Å²) < 4.78 is 5.40. The first-order valence-corrected chi connectivity index (χ1v) is 7.29. The maximum absolute atomic E-state index is 12.2. The predicted molar refractivity (Wildman–Crippen MR) is 87.8 cm³/mol. The van der Waals surface area contributed by atoms with Crippen LogP contribution in [0.2, 0.25) is 0 Å². The van der Waals surface area contributed by atoms with E-state index in [0.29, 0.717) is 23.6 Å². The van der Waals surface area contributed by atoms with Gasteiger partial charge in [0.1, 0.15) is 5.75 Å². The zero-order valence-electron chi connectivity index (χ0n) is 12.6. The Balaban J connectivity index is 1.95. The molecule has 3 rings (SSSR count). The summed E-state index contributed by atoms with van der Waals surface area (Å²) in [5, 5.41) is 3.16. The van der Waals surface area contributed by atoms with Gasteiger partial charge in [0.15, 0.2) is 11.6 Å². The molecule has 0 spiro atoms. The summed E-state index contributed by atoms with van der Waals surface area (Å²) >= 11 is 0. The molecule has 0 bridgehead atoms. The fourth-order valence-electron chi connectivity index (χ4n) is 2.52. The lowest BCUT2D eigenvalue weighted by Crippen LogP contribution is -2.24. The van der Waals surface area contributed by atoms with E-state index in [1.54, 1.807) is 6.08 Å². The van der Waals surface area contributed by atoms with Crippen LogP contribution in [-0.2, 0) is 9.59 Å². The molecule has 116 valence electrons.